The van der Waals surface area contributed by atoms with Crippen molar-refractivity contribution in [2.75, 3.05) is 11.9 Å². The van der Waals surface area contributed by atoms with Crippen molar-refractivity contribution in [2.45, 2.75) is 27.3 Å². The number of pyridine rings is 1. The summed E-state index contributed by atoms with van der Waals surface area (Å²) in [6.07, 6.45) is 0. The maximum atomic E-state index is 12.9. The number of fused-ring (bicyclic) bond motifs is 1. The normalized spacial score (nSPS) is 11.0. The molecule has 3 aromatic rings. The summed E-state index contributed by atoms with van der Waals surface area (Å²) in [7, 11) is 0. The standard InChI is InChI=1S/C22H24ClN3O/c1-15(2)13-26(22(27)25-19-10-6-4-8-16(19)3)14-18-12-17-9-5-7-11-20(17)24-21(18)23/h4-12,15H,13-14H2,1-3H3,(H,25,27). The Bertz CT molecular complexity index is 955. The zero-order valence-corrected chi connectivity index (χ0v) is 16.6. The lowest BCUT2D eigenvalue weighted by atomic mass is 10.1. The first kappa shape index (κ1) is 19.2. The van der Waals surface area contributed by atoms with E-state index in [-0.39, 0.29) is 6.03 Å². The van der Waals surface area contributed by atoms with E-state index in [0.29, 0.717) is 24.2 Å². The molecule has 0 radical (unpaired) electrons. The van der Waals surface area contributed by atoms with Gasteiger partial charge in [-0.1, -0.05) is 61.8 Å². The van der Waals surface area contributed by atoms with E-state index >= 15 is 0 Å². The van der Waals surface area contributed by atoms with Crippen LogP contribution in [0.1, 0.15) is 25.0 Å². The van der Waals surface area contributed by atoms with E-state index in [1.165, 1.54) is 0 Å². The van der Waals surface area contributed by atoms with Gasteiger partial charge >= 0.3 is 6.03 Å². The first-order chi connectivity index (χ1) is 12.9. The molecule has 0 saturated heterocycles. The molecule has 0 aliphatic heterocycles. The average molecular weight is 382 g/mol. The molecular weight excluding hydrogens is 358 g/mol. The van der Waals surface area contributed by atoms with Crippen LogP contribution in [0.5, 0.6) is 0 Å². The van der Waals surface area contributed by atoms with E-state index in [2.05, 4.69) is 24.1 Å². The number of halogens is 1. The Morgan fingerprint density at radius 1 is 1.15 bits per heavy atom. The van der Waals surface area contributed by atoms with Crippen LogP contribution in [-0.4, -0.2) is 22.5 Å². The minimum absolute atomic E-state index is 0.137. The molecule has 2 amide bonds. The number of aromatic nitrogens is 1. The summed E-state index contributed by atoms with van der Waals surface area (Å²) in [5, 5.41) is 4.47. The second-order valence-corrected chi connectivity index (χ2v) is 7.51. The second kappa shape index (κ2) is 8.40. The molecule has 27 heavy (non-hydrogen) atoms. The molecule has 0 bridgehead atoms. The van der Waals surface area contributed by atoms with Crippen LogP contribution in [-0.2, 0) is 6.54 Å². The van der Waals surface area contributed by atoms with Crippen LogP contribution in [0.25, 0.3) is 10.9 Å². The van der Waals surface area contributed by atoms with Crippen LogP contribution in [0.3, 0.4) is 0 Å². The number of hydrogen-bond acceptors (Lipinski definition) is 2. The fourth-order valence-corrected chi connectivity index (χ4v) is 3.23. The van der Waals surface area contributed by atoms with E-state index in [9.17, 15) is 4.79 Å². The summed E-state index contributed by atoms with van der Waals surface area (Å²) in [5.41, 5.74) is 3.54. The van der Waals surface area contributed by atoms with Gasteiger partial charge < -0.3 is 10.2 Å². The van der Waals surface area contributed by atoms with E-state index in [1.54, 1.807) is 4.90 Å². The molecule has 0 fully saturated rings. The molecule has 1 heterocycles. The summed E-state index contributed by atoms with van der Waals surface area (Å²) >= 11 is 6.40. The van der Waals surface area contributed by atoms with E-state index < -0.39 is 0 Å². The predicted molar refractivity (Wildman–Crippen MR) is 112 cm³/mol. The topological polar surface area (TPSA) is 45.2 Å². The van der Waals surface area contributed by atoms with Crippen molar-refractivity contribution < 1.29 is 4.79 Å². The van der Waals surface area contributed by atoms with Crippen molar-refractivity contribution in [1.29, 1.82) is 0 Å². The third-order valence-electron chi connectivity index (χ3n) is 4.37. The number of benzene rings is 2. The molecule has 3 rings (SSSR count). The number of anilines is 1. The van der Waals surface area contributed by atoms with Crippen LogP contribution >= 0.6 is 11.6 Å². The van der Waals surface area contributed by atoms with E-state index in [4.69, 9.17) is 11.6 Å². The number of nitrogens with one attached hydrogen (secondary N) is 1. The predicted octanol–water partition coefficient (Wildman–Crippen LogP) is 5.89. The van der Waals surface area contributed by atoms with Crippen molar-refractivity contribution in [2.24, 2.45) is 5.92 Å². The quantitative estimate of drug-likeness (QED) is 0.560. The van der Waals surface area contributed by atoms with Crippen LogP contribution in [0.15, 0.2) is 54.6 Å². The maximum absolute atomic E-state index is 12.9. The highest BCUT2D eigenvalue weighted by molar-refractivity contribution is 6.30. The van der Waals surface area contributed by atoms with Crippen LogP contribution in [0.4, 0.5) is 10.5 Å². The number of urea groups is 1. The first-order valence-electron chi connectivity index (χ1n) is 9.09. The van der Waals surface area contributed by atoms with Gasteiger partial charge in [-0.05, 0) is 36.6 Å². The van der Waals surface area contributed by atoms with Gasteiger partial charge in [-0.25, -0.2) is 9.78 Å². The molecule has 5 heteroatoms. The highest BCUT2D eigenvalue weighted by Gasteiger charge is 2.18. The van der Waals surface area contributed by atoms with Gasteiger partial charge in [0.05, 0.1) is 12.1 Å². The van der Waals surface area contributed by atoms with E-state index in [0.717, 1.165) is 27.7 Å². The number of carbonyl (C=O) groups excluding carboxylic acids is 1. The Morgan fingerprint density at radius 3 is 2.59 bits per heavy atom. The Morgan fingerprint density at radius 2 is 1.85 bits per heavy atom. The molecule has 140 valence electrons. The first-order valence-corrected chi connectivity index (χ1v) is 9.47. The minimum atomic E-state index is -0.137. The summed E-state index contributed by atoms with van der Waals surface area (Å²) in [6.45, 7) is 7.20. The third kappa shape index (κ3) is 4.77. The Kier molecular flexibility index (Phi) is 5.97. The molecule has 0 unspecified atom stereocenters. The molecule has 1 aromatic heterocycles. The van der Waals surface area contributed by atoms with E-state index in [1.807, 2.05) is 61.5 Å². The molecule has 0 saturated carbocycles. The van der Waals surface area contributed by atoms with Gasteiger partial charge in [0.15, 0.2) is 0 Å². The van der Waals surface area contributed by atoms with Crippen molar-refractivity contribution in [3.63, 3.8) is 0 Å². The Balaban J connectivity index is 1.85. The van der Waals surface area contributed by atoms with Gasteiger partial charge in [-0.3, -0.25) is 0 Å². The lowest BCUT2D eigenvalue weighted by Crippen LogP contribution is -2.37. The summed E-state index contributed by atoms with van der Waals surface area (Å²) in [5.74, 6) is 0.333. The number of rotatable bonds is 5. The summed E-state index contributed by atoms with van der Waals surface area (Å²) in [4.78, 5) is 19.2. The molecule has 4 nitrogen and oxygen atoms in total. The number of aryl methyl sites for hydroxylation is 1. The number of hydrogen-bond donors (Lipinski definition) is 1. The lowest BCUT2D eigenvalue weighted by Gasteiger charge is -2.26. The number of carbonyl (C=O) groups is 1. The van der Waals surface area contributed by atoms with Crippen molar-refractivity contribution in [3.8, 4) is 0 Å². The molecule has 2 aromatic carbocycles. The zero-order valence-electron chi connectivity index (χ0n) is 15.9. The van der Waals surface area contributed by atoms with Crippen LogP contribution in [0.2, 0.25) is 5.15 Å². The zero-order chi connectivity index (χ0) is 19.4. The fraction of sp³-hybridized carbons (Fsp3) is 0.273. The molecule has 0 aliphatic rings. The molecule has 0 spiro atoms. The number of nitrogens with zero attached hydrogens (tertiary/aromatic N) is 2. The Labute approximate surface area is 165 Å². The van der Waals surface area contributed by atoms with Gasteiger partial charge in [-0.15, -0.1) is 0 Å². The third-order valence-corrected chi connectivity index (χ3v) is 4.70. The van der Waals surface area contributed by atoms with Gasteiger partial charge in [-0.2, -0.15) is 0 Å². The second-order valence-electron chi connectivity index (χ2n) is 7.15. The number of para-hydroxylation sites is 2. The van der Waals surface area contributed by atoms with Gasteiger partial charge in [0.1, 0.15) is 5.15 Å². The number of amides is 2. The minimum Gasteiger partial charge on any atom is -0.320 e. The lowest BCUT2D eigenvalue weighted by molar-refractivity contribution is 0.201. The van der Waals surface area contributed by atoms with Gasteiger partial charge in [0.25, 0.3) is 0 Å². The maximum Gasteiger partial charge on any atom is 0.322 e. The van der Waals surface area contributed by atoms with Crippen molar-refractivity contribution in [3.05, 3.63) is 70.9 Å². The monoisotopic (exact) mass is 381 g/mol. The highest BCUT2D eigenvalue weighted by atomic mass is 35.5. The summed E-state index contributed by atoms with van der Waals surface area (Å²) < 4.78 is 0. The molecular formula is C22H24ClN3O. The van der Waals surface area contributed by atoms with Crippen LogP contribution < -0.4 is 5.32 Å². The average Bonchev–Trinajstić information content (AvgIpc) is 2.63. The van der Waals surface area contributed by atoms with Gasteiger partial charge in [0.2, 0.25) is 0 Å². The largest absolute Gasteiger partial charge is 0.322 e. The van der Waals surface area contributed by atoms with Crippen molar-refractivity contribution >= 4 is 34.2 Å². The smallest absolute Gasteiger partial charge is 0.320 e. The fourth-order valence-electron chi connectivity index (χ4n) is 3.02. The highest BCUT2D eigenvalue weighted by Crippen LogP contribution is 2.23. The Hall–Kier alpha value is -2.59. The van der Waals surface area contributed by atoms with Gasteiger partial charge in [0, 0.05) is 23.2 Å². The van der Waals surface area contributed by atoms with Crippen LogP contribution in [0, 0.1) is 12.8 Å². The molecule has 0 atom stereocenters. The van der Waals surface area contributed by atoms with Crippen molar-refractivity contribution in [1.82, 2.24) is 9.88 Å². The molecule has 0 aliphatic carbocycles. The summed E-state index contributed by atoms with van der Waals surface area (Å²) in [6, 6.07) is 17.5. The SMILES string of the molecule is Cc1ccccc1NC(=O)N(Cc1cc2ccccc2nc1Cl)CC(C)C. The molecule has 1 N–H and O–H groups in total.